The number of thiophene rings is 1. The van der Waals surface area contributed by atoms with E-state index in [-0.39, 0.29) is 5.92 Å². The average Bonchev–Trinajstić information content (AvgIpc) is 2.80. The fraction of sp³-hybridized carbons (Fsp3) is 0.154. The van der Waals surface area contributed by atoms with Crippen LogP contribution >= 0.6 is 11.3 Å². The van der Waals surface area contributed by atoms with Crippen LogP contribution in [0, 0.1) is 11.3 Å². The smallest absolute Gasteiger partial charge is 0.0760 e. The highest BCUT2D eigenvalue weighted by Crippen LogP contribution is 2.22. The highest BCUT2D eigenvalue weighted by atomic mass is 32.1. The summed E-state index contributed by atoms with van der Waals surface area (Å²) in [4.78, 5) is 1.27. The van der Waals surface area contributed by atoms with Crippen molar-refractivity contribution in [1.82, 2.24) is 0 Å². The normalized spacial score (nSPS) is 11.9. The van der Waals surface area contributed by atoms with Crippen LogP contribution in [0.2, 0.25) is 0 Å². The van der Waals surface area contributed by atoms with E-state index in [9.17, 15) is 0 Å². The molecular weight excluding hydrogens is 202 g/mol. The molecule has 0 N–H and O–H groups in total. The molecule has 2 aromatic rings. The van der Waals surface area contributed by atoms with Crippen LogP contribution in [0.5, 0.6) is 0 Å². The number of nitrogens with zero attached hydrogens (tertiary/aromatic N) is 1. The zero-order valence-electron chi connectivity index (χ0n) is 8.26. The summed E-state index contributed by atoms with van der Waals surface area (Å²) in [5, 5.41) is 11.2. The van der Waals surface area contributed by atoms with Crippen LogP contribution in [0.15, 0.2) is 47.8 Å². The minimum atomic E-state index is -0.0233. The molecule has 0 saturated carbocycles. The number of hydrogen-bond acceptors (Lipinski definition) is 2. The summed E-state index contributed by atoms with van der Waals surface area (Å²) in [5.74, 6) is -0.0233. The van der Waals surface area contributed by atoms with Crippen molar-refractivity contribution in [2.24, 2.45) is 0 Å². The predicted molar refractivity (Wildman–Crippen MR) is 62.8 cm³/mol. The highest BCUT2D eigenvalue weighted by Gasteiger charge is 2.11. The summed E-state index contributed by atoms with van der Waals surface area (Å²) in [7, 11) is 0. The lowest BCUT2D eigenvalue weighted by molar-refractivity contribution is 0.862. The predicted octanol–water partition coefficient (Wildman–Crippen LogP) is 3.60. The van der Waals surface area contributed by atoms with Gasteiger partial charge in [0.15, 0.2) is 0 Å². The molecule has 15 heavy (non-hydrogen) atoms. The highest BCUT2D eigenvalue weighted by molar-refractivity contribution is 7.09. The van der Waals surface area contributed by atoms with Crippen molar-refractivity contribution >= 4 is 11.3 Å². The lowest BCUT2D eigenvalue weighted by atomic mass is 9.97. The Hall–Kier alpha value is -1.59. The Bertz CT molecular complexity index is 439. The Labute approximate surface area is 93.6 Å². The zero-order chi connectivity index (χ0) is 10.5. The number of rotatable bonds is 3. The van der Waals surface area contributed by atoms with Gasteiger partial charge < -0.3 is 0 Å². The maximum atomic E-state index is 9.13. The van der Waals surface area contributed by atoms with Crippen LogP contribution < -0.4 is 0 Å². The molecule has 0 aliphatic carbocycles. The zero-order valence-corrected chi connectivity index (χ0v) is 9.08. The quantitative estimate of drug-likeness (QED) is 0.764. The molecule has 2 heteroatoms. The van der Waals surface area contributed by atoms with Gasteiger partial charge in [-0.3, -0.25) is 0 Å². The van der Waals surface area contributed by atoms with Crippen molar-refractivity contribution in [3.8, 4) is 6.07 Å². The molecule has 1 aromatic heterocycles. The van der Waals surface area contributed by atoms with Crippen molar-refractivity contribution in [2.75, 3.05) is 0 Å². The fourth-order valence-corrected chi connectivity index (χ4v) is 2.31. The minimum Gasteiger partial charge on any atom is -0.198 e. The molecule has 0 saturated heterocycles. The van der Waals surface area contributed by atoms with Crippen molar-refractivity contribution in [1.29, 1.82) is 5.26 Å². The van der Waals surface area contributed by atoms with Crippen LogP contribution in [0.3, 0.4) is 0 Å². The van der Waals surface area contributed by atoms with Gasteiger partial charge in [0, 0.05) is 11.3 Å². The van der Waals surface area contributed by atoms with Gasteiger partial charge in [-0.25, -0.2) is 0 Å². The second-order valence-electron chi connectivity index (χ2n) is 3.38. The Balaban J connectivity index is 2.16. The third-order valence-corrected chi connectivity index (χ3v) is 3.24. The van der Waals surface area contributed by atoms with Crippen molar-refractivity contribution in [3.05, 3.63) is 58.3 Å². The van der Waals surface area contributed by atoms with Gasteiger partial charge in [0.05, 0.1) is 12.0 Å². The maximum Gasteiger partial charge on any atom is 0.0760 e. The summed E-state index contributed by atoms with van der Waals surface area (Å²) in [5.41, 5.74) is 1.11. The Kier molecular flexibility index (Phi) is 3.16. The summed E-state index contributed by atoms with van der Waals surface area (Å²) in [6.07, 6.45) is 0.818. The molecule has 1 heterocycles. The monoisotopic (exact) mass is 213 g/mol. The van der Waals surface area contributed by atoms with Gasteiger partial charge in [-0.2, -0.15) is 5.26 Å². The van der Waals surface area contributed by atoms with Crippen LogP contribution in [0.25, 0.3) is 0 Å². The van der Waals surface area contributed by atoms with E-state index in [0.717, 1.165) is 12.0 Å². The Morgan fingerprint density at radius 2 is 1.93 bits per heavy atom. The van der Waals surface area contributed by atoms with E-state index in [1.807, 2.05) is 36.4 Å². The molecule has 2 rings (SSSR count). The molecular formula is C13H11NS. The molecule has 1 nitrogen and oxygen atoms in total. The topological polar surface area (TPSA) is 23.8 Å². The van der Waals surface area contributed by atoms with E-state index in [2.05, 4.69) is 17.5 Å². The lowest BCUT2D eigenvalue weighted by Gasteiger charge is -2.07. The number of benzene rings is 1. The van der Waals surface area contributed by atoms with Crippen LogP contribution in [0.4, 0.5) is 0 Å². The Morgan fingerprint density at radius 3 is 2.53 bits per heavy atom. The molecule has 0 amide bonds. The first-order valence-corrected chi connectivity index (χ1v) is 5.75. The van der Waals surface area contributed by atoms with Gasteiger partial charge in [0.25, 0.3) is 0 Å². The summed E-state index contributed by atoms with van der Waals surface area (Å²) in [6, 6.07) is 16.4. The van der Waals surface area contributed by atoms with E-state index in [1.165, 1.54) is 4.88 Å². The molecule has 1 aromatic carbocycles. The van der Waals surface area contributed by atoms with E-state index in [1.54, 1.807) is 11.3 Å². The summed E-state index contributed by atoms with van der Waals surface area (Å²) in [6.45, 7) is 0. The molecule has 0 radical (unpaired) electrons. The van der Waals surface area contributed by atoms with Gasteiger partial charge in [-0.1, -0.05) is 36.4 Å². The average molecular weight is 213 g/mol. The number of hydrogen-bond donors (Lipinski definition) is 0. The van der Waals surface area contributed by atoms with E-state index in [4.69, 9.17) is 5.26 Å². The van der Waals surface area contributed by atoms with Crippen molar-refractivity contribution < 1.29 is 0 Å². The summed E-state index contributed by atoms with van der Waals surface area (Å²) < 4.78 is 0. The van der Waals surface area contributed by atoms with Gasteiger partial charge in [-0.05, 0) is 17.0 Å². The molecule has 0 fully saturated rings. The van der Waals surface area contributed by atoms with Gasteiger partial charge in [-0.15, -0.1) is 11.3 Å². The van der Waals surface area contributed by atoms with Crippen molar-refractivity contribution in [3.63, 3.8) is 0 Å². The molecule has 0 aliphatic heterocycles. The van der Waals surface area contributed by atoms with Crippen LogP contribution in [-0.4, -0.2) is 0 Å². The fourth-order valence-electron chi connectivity index (χ4n) is 1.55. The second kappa shape index (κ2) is 4.77. The van der Waals surface area contributed by atoms with E-state index in [0.29, 0.717) is 0 Å². The second-order valence-corrected chi connectivity index (χ2v) is 4.41. The minimum absolute atomic E-state index is 0.0233. The van der Waals surface area contributed by atoms with E-state index >= 15 is 0 Å². The van der Waals surface area contributed by atoms with E-state index < -0.39 is 0 Å². The third-order valence-electron chi connectivity index (χ3n) is 2.34. The first kappa shape index (κ1) is 9.95. The van der Waals surface area contributed by atoms with Crippen LogP contribution in [-0.2, 0) is 6.42 Å². The molecule has 74 valence electrons. The third kappa shape index (κ3) is 2.45. The molecule has 0 aliphatic rings. The largest absolute Gasteiger partial charge is 0.198 e. The summed E-state index contributed by atoms with van der Waals surface area (Å²) >= 11 is 1.71. The standard InChI is InChI=1S/C13H11NS/c14-10-12(9-13-7-4-8-15-13)11-5-2-1-3-6-11/h1-8,12H,9H2. The SMILES string of the molecule is N#CC(Cc1cccs1)c1ccccc1. The molecule has 1 atom stereocenters. The van der Waals surface area contributed by atoms with Crippen LogP contribution in [0.1, 0.15) is 16.4 Å². The van der Waals surface area contributed by atoms with Gasteiger partial charge in [0.1, 0.15) is 0 Å². The number of nitriles is 1. The van der Waals surface area contributed by atoms with Crippen molar-refractivity contribution in [2.45, 2.75) is 12.3 Å². The Morgan fingerprint density at radius 1 is 1.13 bits per heavy atom. The van der Waals surface area contributed by atoms with Gasteiger partial charge in [0.2, 0.25) is 0 Å². The maximum absolute atomic E-state index is 9.13. The molecule has 0 spiro atoms. The first-order chi connectivity index (χ1) is 7.40. The first-order valence-electron chi connectivity index (χ1n) is 4.87. The lowest BCUT2D eigenvalue weighted by Crippen LogP contribution is -1.98. The van der Waals surface area contributed by atoms with Gasteiger partial charge >= 0.3 is 0 Å². The molecule has 1 unspecified atom stereocenters. The molecule has 0 bridgehead atoms.